The molecule has 1 amide bonds. The summed E-state index contributed by atoms with van der Waals surface area (Å²) in [6.07, 6.45) is 1.07. The molecular formula is C19H27NO6. The van der Waals surface area contributed by atoms with E-state index < -0.39 is 12.1 Å². The van der Waals surface area contributed by atoms with Crippen LogP contribution in [0, 0.1) is 0 Å². The molecule has 144 valence electrons. The van der Waals surface area contributed by atoms with Gasteiger partial charge in [0.05, 0.1) is 25.4 Å². The molecule has 1 aliphatic rings. The van der Waals surface area contributed by atoms with Crippen molar-refractivity contribution in [3.05, 3.63) is 17.7 Å². The number of benzene rings is 1. The lowest BCUT2D eigenvalue weighted by Crippen LogP contribution is -2.37. The first kappa shape index (κ1) is 19.9. The molecule has 0 heterocycles. The number of amides is 1. The minimum Gasteiger partial charge on any atom is -0.490 e. The van der Waals surface area contributed by atoms with Crippen molar-refractivity contribution >= 4 is 11.9 Å². The van der Waals surface area contributed by atoms with Crippen molar-refractivity contribution in [3.8, 4) is 17.2 Å². The highest BCUT2D eigenvalue weighted by molar-refractivity contribution is 5.93. The molecule has 0 aliphatic heterocycles. The summed E-state index contributed by atoms with van der Waals surface area (Å²) in [5, 5.41) is 2.81. The molecule has 7 nitrogen and oxygen atoms in total. The Morgan fingerprint density at radius 1 is 1.04 bits per heavy atom. The SMILES string of the molecule is CCOc1cc(C(=O)O[C@H](C)C(=O)NC2CC2)cc(OCC)c1OCC. The molecule has 26 heavy (non-hydrogen) atoms. The number of ether oxygens (including phenoxy) is 4. The Morgan fingerprint density at radius 3 is 2.04 bits per heavy atom. The molecule has 1 saturated carbocycles. The Balaban J connectivity index is 2.19. The highest BCUT2D eigenvalue weighted by atomic mass is 16.6. The highest BCUT2D eigenvalue weighted by Crippen LogP contribution is 2.39. The summed E-state index contributed by atoms with van der Waals surface area (Å²) < 4.78 is 22.1. The summed E-state index contributed by atoms with van der Waals surface area (Å²) in [7, 11) is 0. The second-order valence-corrected chi connectivity index (χ2v) is 5.93. The molecular weight excluding hydrogens is 338 g/mol. The van der Waals surface area contributed by atoms with Crippen LogP contribution in [0.1, 0.15) is 50.9 Å². The van der Waals surface area contributed by atoms with E-state index in [9.17, 15) is 9.59 Å². The van der Waals surface area contributed by atoms with Crippen molar-refractivity contribution in [2.24, 2.45) is 0 Å². The molecule has 1 atom stereocenters. The van der Waals surface area contributed by atoms with E-state index in [1.165, 1.54) is 0 Å². The molecule has 0 saturated heterocycles. The van der Waals surface area contributed by atoms with Crippen LogP contribution < -0.4 is 19.5 Å². The van der Waals surface area contributed by atoms with Gasteiger partial charge in [0.25, 0.3) is 5.91 Å². The number of hydrogen-bond acceptors (Lipinski definition) is 6. The maximum Gasteiger partial charge on any atom is 0.339 e. The lowest BCUT2D eigenvalue weighted by atomic mass is 10.1. The van der Waals surface area contributed by atoms with Crippen LogP contribution in [0.2, 0.25) is 0 Å². The Bertz CT molecular complexity index is 614. The minimum atomic E-state index is -0.874. The molecule has 1 aliphatic carbocycles. The summed E-state index contributed by atoms with van der Waals surface area (Å²) in [5.41, 5.74) is 0.242. The standard InChI is InChI=1S/C19H27NO6/c1-5-23-15-10-13(11-16(24-6-2)17(15)25-7-3)19(22)26-12(4)18(21)20-14-8-9-14/h10-12,14H,5-9H2,1-4H3,(H,20,21)/t12-/m1/s1. The van der Waals surface area contributed by atoms with E-state index in [4.69, 9.17) is 18.9 Å². The Morgan fingerprint density at radius 2 is 1.58 bits per heavy atom. The van der Waals surface area contributed by atoms with Crippen LogP contribution in [-0.2, 0) is 9.53 Å². The van der Waals surface area contributed by atoms with Crippen LogP contribution in [0.15, 0.2) is 12.1 Å². The van der Waals surface area contributed by atoms with Gasteiger partial charge in [-0.3, -0.25) is 4.79 Å². The van der Waals surface area contributed by atoms with E-state index in [0.717, 1.165) is 12.8 Å². The number of carbonyl (C=O) groups excluding carboxylic acids is 2. The molecule has 1 N–H and O–H groups in total. The largest absolute Gasteiger partial charge is 0.490 e. The fourth-order valence-electron chi connectivity index (χ4n) is 2.33. The van der Waals surface area contributed by atoms with Crippen molar-refractivity contribution in [3.63, 3.8) is 0 Å². The van der Waals surface area contributed by atoms with Crippen LogP contribution in [0.4, 0.5) is 0 Å². The van der Waals surface area contributed by atoms with Crippen molar-refractivity contribution in [1.29, 1.82) is 0 Å². The monoisotopic (exact) mass is 365 g/mol. The molecule has 1 fully saturated rings. The van der Waals surface area contributed by atoms with Crippen molar-refractivity contribution in [2.45, 2.75) is 52.7 Å². The van der Waals surface area contributed by atoms with E-state index in [-0.39, 0.29) is 17.5 Å². The van der Waals surface area contributed by atoms with Gasteiger partial charge in [0.2, 0.25) is 5.75 Å². The highest BCUT2D eigenvalue weighted by Gasteiger charge is 2.28. The van der Waals surface area contributed by atoms with Gasteiger partial charge < -0.3 is 24.3 Å². The van der Waals surface area contributed by atoms with Gasteiger partial charge in [-0.05, 0) is 52.7 Å². The van der Waals surface area contributed by atoms with Crippen LogP contribution in [0.5, 0.6) is 17.2 Å². The molecule has 0 aromatic heterocycles. The van der Waals surface area contributed by atoms with Gasteiger partial charge in [0, 0.05) is 6.04 Å². The molecule has 0 radical (unpaired) electrons. The zero-order chi connectivity index (χ0) is 19.1. The van der Waals surface area contributed by atoms with Crippen molar-refractivity contribution in [2.75, 3.05) is 19.8 Å². The number of hydrogen-bond donors (Lipinski definition) is 1. The number of rotatable bonds is 10. The third-order valence-electron chi connectivity index (χ3n) is 3.72. The minimum absolute atomic E-state index is 0.211. The fourth-order valence-corrected chi connectivity index (χ4v) is 2.33. The van der Waals surface area contributed by atoms with Gasteiger partial charge in [-0.2, -0.15) is 0 Å². The maximum absolute atomic E-state index is 12.5. The zero-order valence-electron chi connectivity index (χ0n) is 15.8. The average Bonchev–Trinajstić information content (AvgIpc) is 3.41. The Kier molecular flexibility index (Phi) is 7.12. The summed E-state index contributed by atoms with van der Waals surface area (Å²) in [6, 6.07) is 3.30. The van der Waals surface area contributed by atoms with Crippen LogP contribution >= 0.6 is 0 Å². The van der Waals surface area contributed by atoms with Gasteiger partial charge in [0.15, 0.2) is 17.6 Å². The fraction of sp³-hybridized carbons (Fsp3) is 0.579. The number of esters is 1. The third kappa shape index (κ3) is 5.28. The summed E-state index contributed by atoms with van der Waals surface area (Å²) in [4.78, 5) is 24.5. The molecule has 2 rings (SSSR count). The van der Waals surface area contributed by atoms with Gasteiger partial charge in [-0.1, -0.05) is 0 Å². The van der Waals surface area contributed by atoms with Gasteiger partial charge in [0.1, 0.15) is 0 Å². The van der Waals surface area contributed by atoms with Crippen LogP contribution in [-0.4, -0.2) is 43.8 Å². The lowest BCUT2D eigenvalue weighted by molar-refractivity contribution is -0.129. The van der Waals surface area contributed by atoms with Crippen LogP contribution in [0.25, 0.3) is 0 Å². The number of carbonyl (C=O) groups is 2. The first-order valence-corrected chi connectivity index (χ1v) is 9.07. The topological polar surface area (TPSA) is 83.1 Å². The van der Waals surface area contributed by atoms with Gasteiger partial charge in [-0.15, -0.1) is 0 Å². The molecule has 0 unspecified atom stereocenters. The molecule has 7 heteroatoms. The van der Waals surface area contributed by atoms with E-state index in [1.54, 1.807) is 19.1 Å². The smallest absolute Gasteiger partial charge is 0.339 e. The first-order valence-electron chi connectivity index (χ1n) is 9.07. The van der Waals surface area contributed by atoms with E-state index in [1.807, 2.05) is 20.8 Å². The third-order valence-corrected chi connectivity index (χ3v) is 3.72. The van der Waals surface area contributed by atoms with Crippen molar-refractivity contribution in [1.82, 2.24) is 5.32 Å². The van der Waals surface area contributed by atoms with Crippen molar-refractivity contribution < 1.29 is 28.5 Å². The molecule has 0 bridgehead atoms. The second kappa shape index (κ2) is 9.31. The first-order chi connectivity index (χ1) is 12.5. The molecule has 1 aromatic carbocycles. The predicted molar refractivity (Wildman–Crippen MR) is 96.0 cm³/mol. The molecule has 1 aromatic rings. The second-order valence-electron chi connectivity index (χ2n) is 5.93. The van der Waals surface area contributed by atoms with Crippen LogP contribution in [0.3, 0.4) is 0 Å². The predicted octanol–water partition coefficient (Wildman–Crippen LogP) is 2.71. The van der Waals surface area contributed by atoms with Gasteiger partial charge >= 0.3 is 5.97 Å². The summed E-state index contributed by atoms with van der Waals surface area (Å²) in [6.45, 7) is 8.33. The van der Waals surface area contributed by atoms with E-state index in [2.05, 4.69) is 5.32 Å². The number of nitrogens with one attached hydrogen (secondary N) is 1. The molecule has 0 spiro atoms. The normalized spacial score (nSPS) is 14.3. The summed E-state index contributed by atoms with van der Waals surface area (Å²) in [5.74, 6) is 0.354. The quantitative estimate of drug-likeness (QED) is 0.642. The van der Waals surface area contributed by atoms with E-state index in [0.29, 0.717) is 37.1 Å². The lowest BCUT2D eigenvalue weighted by Gasteiger charge is -2.18. The Hall–Kier alpha value is -2.44. The van der Waals surface area contributed by atoms with Gasteiger partial charge in [-0.25, -0.2) is 4.79 Å². The summed E-state index contributed by atoms with van der Waals surface area (Å²) >= 11 is 0. The average molecular weight is 365 g/mol. The van der Waals surface area contributed by atoms with E-state index >= 15 is 0 Å². The maximum atomic E-state index is 12.5. The zero-order valence-corrected chi connectivity index (χ0v) is 15.8. The Labute approximate surface area is 153 Å².